The third-order valence-corrected chi connectivity index (χ3v) is 13.3. The molecule has 3 heterocycles. The monoisotopic (exact) mass is 990 g/mol. The topological polar surface area (TPSA) is 173 Å². The van der Waals surface area contributed by atoms with E-state index in [0.717, 1.165) is 71.4 Å². The Balaban J connectivity index is 0.990. The molecule has 0 fully saturated rings. The lowest BCUT2D eigenvalue weighted by Gasteiger charge is -2.36. The maximum atomic E-state index is 12.8. The number of rotatable bonds is 26. The van der Waals surface area contributed by atoms with Gasteiger partial charge < -0.3 is 38.6 Å². The van der Waals surface area contributed by atoms with Crippen molar-refractivity contribution >= 4 is 39.9 Å². The highest BCUT2D eigenvalue weighted by molar-refractivity contribution is 7.99. The van der Waals surface area contributed by atoms with Crippen LogP contribution in [-0.4, -0.2) is 63.0 Å². The van der Waals surface area contributed by atoms with E-state index in [2.05, 4.69) is 69.0 Å². The van der Waals surface area contributed by atoms with Crippen molar-refractivity contribution < 1.29 is 38.1 Å². The van der Waals surface area contributed by atoms with Gasteiger partial charge >= 0.3 is 5.97 Å². The number of thiazole rings is 1. The summed E-state index contributed by atoms with van der Waals surface area (Å²) in [6.07, 6.45) is 6.40. The Morgan fingerprint density at radius 1 is 0.761 bits per heavy atom. The zero-order valence-electron chi connectivity index (χ0n) is 39.6. The fourth-order valence-electron chi connectivity index (χ4n) is 7.77. The molecule has 1 atom stereocenters. The first-order chi connectivity index (χ1) is 34.8. The molecule has 0 saturated carbocycles. The highest BCUT2D eigenvalue weighted by atomic mass is 32.2. The average molecular weight is 991 g/mol. The number of oxime groups is 1. The molecule has 0 aliphatic rings. The number of pyridine rings is 1. The summed E-state index contributed by atoms with van der Waals surface area (Å²) in [6.45, 7) is 2.75. The number of carboxylic acids is 1. The predicted molar refractivity (Wildman–Crippen MR) is 276 cm³/mol. The lowest BCUT2D eigenvalue weighted by Crippen LogP contribution is -2.38. The van der Waals surface area contributed by atoms with Crippen LogP contribution in [0.4, 0.5) is 5.13 Å². The maximum absolute atomic E-state index is 12.8. The van der Waals surface area contributed by atoms with E-state index in [9.17, 15) is 9.90 Å². The normalized spacial score (nSPS) is 12.0. The molecule has 8 rings (SSSR count). The highest BCUT2D eigenvalue weighted by Crippen LogP contribution is 2.41. The molecule has 0 spiro atoms. The summed E-state index contributed by atoms with van der Waals surface area (Å²) in [5, 5.41) is 29.3. The molecule has 0 aliphatic carbocycles. The van der Waals surface area contributed by atoms with Gasteiger partial charge in [0.15, 0.2) is 16.6 Å². The molecular weight excluding hydrogens is 937 g/mol. The summed E-state index contributed by atoms with van der Waals surface area (Å²) >= 11 is 2.63. The average Bonchev–Trinajstić information content (AvgIpc) is 4.10. The highest BCUT2D eigenvalue weighted by Gasteiger charge is 2.37. The molecule has 16 heteroatoms. The molecule has 5 aromatic carbocycles. The third-order valence-electron chi connectivity index (χ3n) is 11.5. The van der Waals surface area contributed by atoms with Gasteiger partial charge in [0.25, 0.3) is 11.1 Å². The van der Waals surface area contributed by atoms with E-state index in [4.69, 9.17) is 33.2 Å². The van der Waals surface area contributed by atoms with Gasteiger partial charge in [0, 0.05) is 11.4 Å². The Hall–Kier alpha value is -7.69. The minimum Gasteiger partial charge on any atom is -0.497 e. The summed E-state index contributed by atoms with van der Waals surface area (Å²) in [5.74, 6) is 1.28. The third kappa shape index (κ3) is 12.9. The zero-order valence-corrected chi connectivity index (χ0v) is 41.2. The van der Waals surface area contributed by atoms with Crippen molar-refractivity contribution in [2.75, 3.05) is 26.1 Å². The molecule has 71 heavy (non-hydrogen) atoms. The second-order valence-corrected chi connectivity index (χ2v) is 18.4. The van der Waals surface area contributed by atoms with Crippen molar-refractivity contribution in [3.63, 3.8) is 0 Å². The second-order valence-electron chi connectivity index (χ2n) is 16.3. The summed E-state index contributed by atoms with van der Waals surface area (Å²) < 4.78 is 29.3. The van der Waals surface area contributed by atoms with Gasteiger partial charge in [-0.25, -0.2) is 14.8 Å². The molecule has 2 N–H and O–H groups in total. The van der Waals surface area contributed by atoms with E-state index in [0.29, 0.717) is 27.5 Å². The minimum absolute atomic E-state index is 0.0709. The Bertz CT molecular complexity index is 2840. The largest absolute Gasteiger partial charge is 0.497 e. The van der Waals surface area contributed by atoms with E-state index < -0.39 is 11.5 Å². The molecule has 364 valence electrons. The number of aliphatic carboxylic acids is 1. The molecule has 0 bridgehead atoms. The fraction of sp³-hybridized carbons (Fsp3) is 0.236. The lowest BCUT2D eigenvalue weighted by molar-refractivity contribution is -0.129. The number of thioether (sulfide) groups is 1. The summed E-state index contributed by atoms with van der Waals surface area (Å²) in [7, 11) is 3.25. The van der Waals surface area contributed by atoms with Crippen LogP contribution < -0.4 is 24.3 Å². The van der Waals surface area contributed by atoms with Crippen LogP contribution in [0.15, 0.2) is 172 Å². The van der Waals surface area contributed by atoms with Gasteiger partial charge in [-0.3, -0.25) is 0 Å². The number of carboxylic acid groups (broad SMARTS) is 1. The Morgan fingerprint density at radius 3 is 1.89 bits per heavy atom. The van der Waals surface area contributed by atoms with E-state index in [-0.39, 0.29) is 42.4 Å². The van der Waals surface area contributed by atoms with Gasteiger partial charge in [0.2, 0.25) is 5.71 Å². The molecule has 0 aliphatic heterocycles. The number of nitrogens with zero attached hydrogens (tertiary/aromatic N) is 5. The zero-order chi connectivity index (χ0) is 49.3. The van der Waals surface area contributed by atoms with Crippen molar-refractivity contribution in [3.05, 3.63) is 191 Å². The first-order valence-electron chi connectivity index (χ1n) is 23.2. The molecule has 3 aromatic heterocycles. The molecular formula is C55H54N6O8S2. The number of nitrogens with one attached hydrogen (secondary N) is 1. The first-order valence-corrected chi connectivity index (χ1v) is 25.0. The van der Waals surface area contributed by atoms with Gasteiger partial charge in [-0.2, -0.15) is 0 Å². The van der Waals surface area contributed by atoms with Crippen LogP contribution in [0.2, 0.25) is 0 Å². The van der Waals surface area contributed by atoms with Gasteiger partial charge in [-0.05, 0) is 58.5 Å². The smallest absolute Gasteiger partial charge is 0.360 e. The van der Waals surface area contributed by atoms with Gasteiger partial charge in [-0.1, -0.05) is 165 Å². The molecule has 14 nitrogen and oxygen atoms in total. The lowest BCUT2D eigenvalue weighted by atomic mass is 9.77. The van der Waals surface area contributed by atoms with E-state index >= 15 is 0 Å². The Morgan fingerprint density at radius 2 is 1.34 bits per heavy atom. The van der Waals surface area contributed by atoms with Crippen LogP contribution in [0.5, 0.6) is 23.0 Å². The van der Waals surface area contributed by atoms with Crippen LogP contribution in [-0.2, 0) is 28.4 Å². The Labute approximate surface area is 421 Å². The molecule has 1 unspecified atom stereocenters. The van der Waals surface area contributed by atoms with Crippen LogP contribution in [0.3, 0.4) is 0 Å². The van der Waals surface area contributed by atoms with Gasteiger partial charge in [-0.15, -0.1) is 21.5 Å². The number of unbranched alkanes of at least 4 members (excludes halogenated alkanes) is 3. The van der Waals surface area contributed by atoms with Crippen molar-refractivity contribution in [2.45, 2.75) is 68.3 Å². The van der Waals surface area contributed by atoms with Crippen LogP contribution in [0.25, 0.3) is 11.6 Å². The quantitative estimate of drug-likeness (QED) is 0.0172. The fourth-order valence-corrected chi connectivity index (χ4v) is 9.43. The van der Waals surface area contributed by atoms with E-state index in [1.165, 1.54) is 23.1 Å². The first kappa shape index (κ1) is 49.7. The van der Waals surface area contributed by atoms with E-state index in [1.54, 1.807) is 31.9 Å². The van der Waals surface area contributed by atoms with Crippen LogP contribution >= 0.6 is 23.1 Å². The number of benzene rings is 5. The SMILES string of the molecule is CCCCCCC(CO/N=C(\C(=O)O)c1csc(NC(c2ccccc2)(c2ccccc2)c2ccccc2)n1)Sc1nnc(-c2cc(OCc3ccc(OC)cc3)c(OCc3ccc(OC)cc3)cn2)o1. The summed E-state index contributed by atoms with van der Waals surface area (Å²) in [6, 6.07) is 47.3. The molecule has 0 radical (unpaired) electrons. The second kappa shape index (κ2) is 24.7. The molecule has 8 aromatic rings. The number of anilines is 1. The Kier molecular flexibility index (Phi) is 17.3. The number of carbonyl (C=O) groups is 1. The van der Waals surface area contributed by atoms with Crippen LogP contribution in [0, 0.1) is 0 Å². The minimum atomic E-state index is -1.27. The van der Waals surface area contributed by atoms with Crippen molar-refractivity contribution in [2.24, 2.45) is 5.16 Å². The van der Waals surface area contributed by atoms with E-state index in [1.807, 2.05) is 103 Å². The number of aromatic nitrogens is 4. The predicted octanol–water partition coefficient (Wildman–Crippen LogP) is 12.1. The van der Waals surface area contributed by atoms with Gasteiger partial charge in [0.05, 0.1) is 25.7 Å². The number of hydrogen-bond acceptors (Lipinski definition) is 15. The number of hydrogen-bond donors (Lipinski definition) is 2. The van der Waals surface area contributed by atoms with Gasteiger partial charge in [0.1, 0.15) is 48.2 Å². The van der Waals surface area contributed by atoms with Crippen molar-refractivity contribution in [1.82, 2.24) is 20.2 Å². The van der Waals surface area contributed by atoms with Crippen molar-refractivity contribution in [1.29, 1.82) is 0 Å². The number of ether oxygens (including phenoxy) is 4. The summed E-state index contributed by atoms with van der Waals surface area (Å²) in [4.78, 5) is 28.0. The standard InChI is InChI=1S/C55H54N6O8S2/c1-4-5-6-16-23-45(36-68-61-50(52(62)63)47-37-70-53(57-47)58-55(40-17-10-7-11-18-40,41-19-12-8-13-20-41)42-21-14-9-15-22-42)71-54-60-59-51(69-54)46-32-48(66-34-38-24-28-43(64-2)29-25-38)49(33-56-46)67-35-39-26-30-44(65-3)31-27-39/h7-15,17-22,24-33,37,45H,4-6,16,23,34-36H2,1-3H3,(H,57,58)(H,62,63)/b61-50-. The summed E-state index contributed by atoms with van der Waals surface area (Å²) in [5.41, 5.74) is 4.21. The van der Waals surface area contributed by atoms with Crippen molar-refractivity contribution in [3.8, 4) is 34.6 Å². The number of methoxy groups -OCH3 is 2. The molecule has 0 saturated heterocycles. The van der Waals surface area contributed by atoms with Crippen LogP contribution in [0.1, 0.15) is 72.5 Å². The molecule has 0 amide bonds. The maximum Gasteiger partial charge on any atom is 0.360 e.